The number of nitriles is 1. The van der Waals surface area contributed by atoms with Crippen LogP contribution in [0.4, 0.5) is 5.69 Å². The van der Waals surface area contributed by atoms with Crippen LogP contribution < -0.4 is 10.1 Å². The molecule has 0 bridgehead atoms. The molecule has 4 rings (SSSR count). The first kappa shape index (κ1) is 18.3. The third-order valence-corrected chi connectivity index (χ3v) is 4.30. The SMILES string of the molecule is CC(Nc1ccc(Oc2ccccc2C#N)cc1)c1nnc(-c2ccccc2)o1. The molecule has 1 heterocycles. The molecule has 142 valence electrons. The van der Waals surface area contributed by atoms with E-state index in [0.717, 1.165) is 11.3 Å². The average molecular weight is 382 g/mol. The molecule has 29 heavy (non-hydrogen) atoms. The molecule has 1 N–H and O–H groups in total. The standard InChI is InChI=1S/C23H18N4O2/c1-16(22-26-27-23(29-22)17-7-3-2-4-8-17)25-19-11-13-20(14-12-19)28-21-10-6-5-9-18(21)15-24/h2-14,16,25H,1H3. The number of aromatic nitrogens is 2. The van der Waals surface area contributed by atoms with E-state index >= 15 is 0 Å². The van der Waals surface area contributed by atoms with Crippen LogP contribution in [-0.4, -0.2) is 10.2 Å². The lowest BCUT2D eigenvalue weighted by molar-refractivity contribution is 0.480. The van der Waals surface area contributed by atoms with Crippen molar-refractivity contribution in [1.82, 2.24) is 10.2 Å². The summed E-state index contributed by atoms with van der Waals surface area (Å²) >= 11 is 0. The van der Waals surface area contributed by atoms with Gasteiger partial charge in [-0.2, -0.15) is 5.26 Å². The van der Waals surface area contributed by atoms with Crippen LogP contribution in [0.2, 0.25) is 0 Å². The van der Waals surface area contributed by atoms with Crippen LogP contribution in [0.25, 0.3) is 11.5 Å². The van der Waals surface area contributed by atoms with Gasteiger partial charge in [-0.3, -0.25) is 0 Å². The van der Waals surface area contributed by atoms with Gasteiger partial charge in [-0.05, 0) is 55.5 Å². The highest BCUT2D eigenvalue weighted by molar-refractivity contribution is 5.52. The predicted octanol–water partition coefficient (Wildman–Crippen LogP) is 5.57. The van der Waals surface area contributed by atoms with Gasteiger partial charge in [0.15, 0.2) is 0 Å². The maximum Gasteiger partial charge on any atom is 0.247 e. The average Bonchev–Trinajstić information content (AvgIpc) is 3.27. The molecule has 3 aromatic carbocycles. The summed E-state index contributed by atoms with van der Waals surface area (Å²) in [6.45, 7) is 1.95. The highest BCUT2D eigenvalue weighted by atomic mass is 16.5. The summed E-state index contributed by atoms with van der Waals surface area (Å²) < 4.78 is 11.6. The Balaban J connectivity index is 1.42. The number of para-hydroxylation sites is 1. The van der Waals surface area contributed by atoms with Gasteiger partial charge in [0.25, 0.3) is 0 Å². The minimum Gasteiger partial charge on any atom is -0.456 e. The largest absolute Gasteiger partial charge is 0.456 e. The molecule has 0 aliphatic rings. The van der Waals surface area contributed by atoms with Crippen molar-refractivity contribution in [2.75, 3.05) is 5.32 Å². The number of anilines is 1. The molecule has 1 atom stereocenters. The van der Waals surface area contributed by atoms with Gasteiger partial charge < -0.3 is 14.5 Å². The molecule has 0 spiro atoms. The molecule has 0 amide bonds. The van der Waals surface area contributed by atoms with Crippen molar-refractivity contribution in [1.29, 1.82) is 5.26 Å². The van der Waals surface area contributed by atoms with E-state index in [1.807, 2.05) is 67.6 Å². The van der Waals surface area contributed by atoms with Gasteiger partial charge in [-0.25, -0.2) is 0 Å². The normalized spacial score (nSPS) is 11.4. The molecule has 0 aliphatic carbocycles. The van der Waals surface area contributed by atoms with Gasteiger partial charge in [0, 0.05) is 11.3 Å². The molecule has 6 heteroatoms. The van der Waals surface area contributed by atoms with Crippen molar-refractivity contribution < 1.29 is 9.15 Å². The minimum absolute atomic E-state index is 0.161. The van der Waals surface area contributed by atoms with Crippen LogP contribution in [0, 0.1) is 11.3 Å². The van der Waals surface area contributed by atoms with Gasteiger partial charge in [0.05, 0.1) is 5.56 Å². The van der Waals surface area contributed by atoms with Crippen LogP contribution in [0.15, 0.2) is 83.3 Å². The molecule has 1 aromatic heterocycles. The number of hydrogen-bond donors (Lipinski definition) is 1. The molecule has 6 nitrogen and oxygen atoms in total. The summed E-state index contributed by atoms with van der Waals surface area (Å²) in [4.78, 5) is 0. The maximum absolute atomic E-state index is 9.16. The third kappa shape index (κ3) is 4.25. The number of ether oxygens (including phenoxy) is 1. The highest BCUT2D eigenvalue weighted by Crippen LogP contribution is 2.27. The van der Waals surface area contributed by atoms with Crippen LogP contribution in [0.3, 0.4) is 0 Å². The Hall–Kier alpha value is -4.11. The summed E-state index contributed by atoms with van der Waals surface area (Å²) in [6.07, 6.45) is 0. The fraction of sp³-hybridized carbons (Fsp3) is 0.0870. The molecule has 0 aliphatic heterocycles. The number of hydrogen-bond acceptors (Lipinski definition) is 6. The van der Waals surface area contributed by atoms with E-state index < -0.39 is 0 Å². The Morgan fingerprint density at radius 1 is 0.931 bits per heavy atom. The second-order valence-electron chi connectivity index (χ2n) is 6.41. The van der Waals surface area contributed by atoms with Gasteiger partial charge in [-0.1, -0.05) is 30.3 Å². The molecule has 4 aromatic rings. The zero-order valence-corrected chi connectivity index (χ0v) is 15.7. The second-order valence-corrected chi connectivity index (χ2v) is 6.41. The number of benzene rings is 3. The summed E-state index contributed by atoms with van der Waals surface area (Å²) in [7, 11) is 0. The topological polar surface area (TPSA) is 84.0 Å². The van der Waals surface area contributed by atoms with Crippen LogP contribution in [0.1, 0.15) is 24.4 Å². The summed E-state index contributed by atoms with van der Waals surface area (Å²) in [5.41, 5.74) is 2.27. The molecule has 0 saturated carbocycles. The zero-order chi connectivity index (χ0) is 20.1. The molecule has 1 unspecified atom stereocenters. The fourth-order valence-electron chi connectivity index (χ4n) is 2.81. The van der Waals surface area contributed by atoms with E-state index in [2.05, 4.69) is 21.6 Å². The Morgan fingerprint density at radius 2 is 1.66 bits per heavy atom. The van der Waals surface area contributed by atoms with Crippen molar-refractivity contribution in [2.24, 2.45) is 0 Å². The van der Waals surface area contributed by atoms with E-state index in [4.69, 9.17) is 14.4 Å². The lowest BCUT2D eigenvalue weighted by Gasteiger charge is -2.12. The van der Waals surface area contributed by atoms with Crippen LogP contribution >= 0.6 is 0 Å². The second kappa shape index (κ2) is 8.28. The minimum atomic E-state index is -0.161. The van der Waals surface area contributed by atoms with Crippen molar-refractivity contribution in [3.63, 3.8) is 0 Å². The van der Waals surface area contributed by atoms with Crippen molar-refractivity contribution in [3.8, 4) is 29.0 Å². The Labute approximate surface area is 168 Å². The molecule has 0 saturated heterocycles. The highest BCUT2D eigenvalue weighted by Gasteiger charge is 2.15. The molecular formula is C23H18N4O2. The zero-order valence-electron chi connectivity index (χ0n) is 15.7. The lowest BCUT2D eigenvalue weighted by Crippen LogP contribution is -2.06. The van der Waals surface area contributed by atoms with E-state index in [1.165, 1.54) is 0 Å². The van der Waals surface area contributed by atoms with E-state index in [1.54, 1.807) is 18.2 Å². The first-order valence-corrected chi connectivity index (χ1v) is 9.15. The smallest absolute Gasteiger partial charge is 0.247 e. The molecule has 0 fully saturated rings. The third-order valence-electron chi connectivity index (χ3n) is 4.30. The van der Waals surface area contributed by atoms with Gasteiger partial charge in [0.2, 0.25) is 11.8 Å². The first-order valence-electron chi connectivity index (χ1n) is 9.15. The van der Waals surface area contributed by atoms with Gasteiger partial charge in [-0.15, -0.1) is 10.2 Å². The van der Waals surface area contributed by atoms with E-state index in [9.17, 15) is 0 Å². The van der Waals surface area contributed by atoms with Gasteiger partial charge in [0.1, 0.15) is 23.6 Å². The number of rotatable bonds is 6. The summed E-state index contributed by atoms with van der Waals surface area (Å²) in [6, 6.07) is 26.2. The van der Waals surface area contributed by atoms with E-state index in [-0.39, 0.29) is 6.04 Å². The van der Waals surface area contributed by atoms with Crippen molar-refractivity contribution in [2.45, 2.75) is 13.0 Å². The van der Waals surface area contributed by atoms with Crippen molar-refractivity contribution >= 4 is 5.69 Å². The predicted molar refractivity (Wildman–Crippen MR) is 109 cm³/mol. The summed E-state index contributed by atoms with van der Waals surface area (Å²) in [5, 5.41) is 20.8. The number of nitrogens with zero attached hydrogens (tertiary/aromatic N) is 3. The number of nitrogens with one attached hydrogen (secondary N) is 1. The Kier molecular flexibility index (Phi) is 5.21. The van der Waals surface area contributed by atoms with E-state index in [0.29, 0.717) is 28.8 Å². The van der Waals surface area contributed by atoms with Crippen LogP contribution in [-0.2, 0) is 0 Å². The first-order chi connectivity index (χ1) is 14.2. The van der Waals surface area contributed by atoms with Gasteiger partial charge >= 0.3 is 0 Å². The molecular weight excluding hydrogens is 364 g/mol. The quantitative estimate of drug-likeness (QED) is 0.469. The summed E-state index contributed by atoms with van der Waals surface area (Å²) in [5.74, 6) is 2.18. The Morgan fingerprint density at radius 3 is 2.41 bits per heavy atom. The Bertz CT molecular complexity index is 1130. The fourth-order valence-corrected chi connectivity index (χ4v) is 2.81. The maximum atomic E-state index is 9.16. The van der Waals surface area contributed by atoms with Crippen LogP contribution in [0.5, 0.6) is 11.5 Å². The van der Waals surface area contributed by atoms with Crippen molar-refractivity contribution in [3.05, 3.63) is 90.3 Å². The lowest BCUT2D eigenvalue weighted by atomic mass is 10.2. The monoisotopic (exact) mass is 382 g/mol. The molecule has 0 radical (unpaired) electrons.